The minimum absolute atomic E-state index is 0.247. The van der Waals surface area contributed by atoms with Crippen LogP contribution in [0.25, 0.3) is 5.69 Å². The fourth-order valence-corrected chi connectivity index (χ4v) is 4.01. The Hall–Kier alpha value is -3.03. The van der Waals surface area contributed by atoms with E-state index < -0.39 is 11.6 Å². The van der Waals surface area contributed by atoms with Gasteiger partial charge in [0.2, 0.25) is 0 Å². The molecule has 8 heteroatoms. The maximum atomic E-state index is 13.7. The van der Waals surface area contributed by atoms with E-state index in [0.29, 0.717) is 24.3 Å². The Morgan fingerprint density at radius 2 is 1.97 bits per heavy atom. The van der Waals surface area contributed by atoms with Crippen molar-refractivity contribution < 1.29 is 13.6 Å². The largest absolute Gasteiger partial charge is 0.350 e. The van der Waals surface area contributed by atoms with Gasteiger partial charge in [0, 0.05) is 36.6 Å². The number of rotatable bonds is 5. The number of nitrogens with zero attached hydrogens (tertiary/aromatic N) is 4. The number of hydrogen-bond acceptors (Lipinski definition) is 3. The molecule has 2 aromatic heterocycles. The minimum atomic E-state index is -0.932. The molecule has 152 valence electrons. The zero-order valence-electron chi connectivity index (χ0n) is 16.7. The van der Waals surface area contributed by atoms with Gasteiger partial charge < -0.3 is 5.32 Å². The molecule has 0 saturated carbocycles. The summed E-state index contributed by atoms with van der Waals surface area (Å²) in [6.07, 6.45) is 3.10. The number of hydrogen-bond donors (Lipinski definition) is 1. The lowest BCUT2D eigenvalue weighted by molar-refractivity contribution is 0.0947. The van der Waals surface area contributed by atoms with Crippen molar-refractivity contribution in [2.75, 3.05) is 6.54 Å². The summed E-state index contributed by atoms with van der Waals surface area (Å²) in [7, 11) is 1.90. The zero-order valence-corrected chi connectivity index (χ0v) is 16.7. The highest BCUT2D eigenvalue weighted by Crippen LogP contribution is 2.28. The fraction of sp³-hybridized carbons (Fsp3) is 0.381. The quantitative estimate of drug-likeness (QED) is 0.717. The Morgan fingerprint density at radius 1 is 1.17 bits per heavy atom. The number of aryl methyl sites for hydroxylation is 2. The van der Waals surface area contributed by atoms with Crippen LogP contribution in [-0.4, -0.2) is 32.0 Å². The van der Waals surface area contributed by atoms with E-state index in [1.165, 1.54) is 6.07 Å². The third-order valence-electron chi connectivity index (χ3n) is 5.61. The van der Waals surface area contributed by atoms with Crippen LogP contribution in [0.1, 0.15) is 45.1 Å². The molecule has 1 amide bonds. The molecule has 0 unspecified atom stereocenters. The number of carbonyl (C=O) groups is 1. The lowest BCUT2D eigenvalue weighted by Gasteiger charge is -2.06. The SMILES string of the molecule is Cc1nn(C)c(C)c1CCNC(=O)c1nn(-c2ccc(F)c(F)c2)c2c1CCC2. The predicted molar refractivity (Wildman–Crippen MR) is 104 cm³/mol. The second kappa shape index (κ2) is 7.42. The zero-order chi connectivity index (χ0) is 20.7. The van der Waals surface area contributed by atoms with Crippen molar-refractivity contribution in [1.29, 1.82) is 0 Å². The Morgan fingerprint density at radius 3 is 2.66 bits per heavy atom. The van der Waals surface area contributed by atoms with Gasteiger partial charge in [-0.05, 0) is 57.2 Å². The summed E-state index contributed by atoms with van der Waals surface area (Å²) in [5.74, 6) is -2.09. The van der Waals surface area contributed by atoms with Crippen LogP contribution < -0.4 is 5.32 Å². The molecule has 1 aliphatic rings. The van der Waals surface area contributed by atoms with Crippen LogP contribution in [0.3, 0.4) is 0 Å². The summed E-state index contributed by atoms with van der Waals surface area (Å²) in [6.45, 7) is 4.44. The third kappa shape index (κ3) is 3.43. The first kappa shape index (κ1) is 19.3. The summed E-state index contributed by atoms with van der Waals surface area (Å²) in [5.41, 5.74) is 5.74. The molecule has 0 bridgehead atoms. The highest BCUT2D eigenvalue weighted by molar-refractivity contribution is 5.94. The number of carbonyl (C=O) groups excluding carboxylic acids is 1. The Balaban J connectivity index is 1.54. The number of nitrogens with one attached hydrogen (secondary N) is 1. The van der Waals surface area contributed by atoms with Crippen LogP contribution in [0, 0.1) is 25.5 Å². The maximum Gasteiger partial charge on any atom is 0.272 e. The Bertz CT molecular complexity index is 1100. The normalized spacial score (nSPS) is 13.0. The van der Waals surface area contributed by atoms with E-state index in [0.717, 1.165) is 59.6 Å². The molecule has 1 aromatic carbocycles. The van der Waals surface area contributed by atoms with E-state index in [4.69, 9.17) is 0 Å². The van der Waals surface area contributed by atoms with Crippen molar-refractivity contribution >= 4 is 5.91 Å². The molecule has 29 heavy (non-hydrogen) atoms. The van der Waals surface area contributed by atoms with Gasteiger partial charge in [-0.2, -0.15) is 10.2 Å². The molecule has 1 N–H and O–H groups in total. The first-order valence-electron chi connectivity index (χ1n) is 9.70. The number of amides is 1. The molecule has 0 atom stereocenters. The minimum Gasteiger partial charge on any atom is -0.350 e. The molecule has 4 rings (SSSR count). The van der Waals surface area contributed by atoms with E-state index in [9.17, 15) is 13.6 Å². The van der Waals surface area contributed by atoms with E-state index in [1.807, 2.05) is 25.6 Å². The summed E-state index contributed by atoms with van der Waals surface area (Å²) < 4.78 is 30.4. The molecule has 3 aromatic rings. The van der Waals surface area contributed by atoms with Gasteiger partial charge in [-0.1, -0.05) is 0 Å². The van der Waals surface area contributed by atoms with Crippen LogP contribution in [0.4, 0.5) is 8.78 Å². The number of benzene rings is 1. The van der Waals surface area contributed by atoms with Gasteiger partial charge in [0.15, 0.2) is 17.3 Å². The summed E-state index contributed by atoms with van der Waals surface area (Å²) in [5, 5.41) is 11.8. The number of fused-ring (bicyclic) bond motifs is 1. The molecular formula is C21H23F2N5O. The molecule has 6 nitrogen and oxygen atoms in total. The topological polar surface area (TPSA) is 64.7 Å². The van der Waals surface area contributed by atoms with Gasteiger partial charge in [-0.15, -0.1) is 0 Å². The average molecular weight is 399 g/mol. The monoisotopic (exact) mass is 399 g/mol. The standard InChI is InChI=1S/C21H23F2N5O/c1-12-15(13(2)27(3)25-12)9-10-24-21(29)20-16-5-4-6-19(16)28(26-20)14-7-8-17(22)18(23)11-14/h7-8,11H,4-6,9-10H2,1-3H3,(H,24,29). The number of aromatic nitrogens is 4. The summed E-state index contributed by atoms with van der Waals surface area (Å²) in [6, 6.07) is 3.65. The van der Waals surface area contributed by atoms with Crippen molar-refractivity contribution in [2.45, 2.75) is 39.5 Å². The maximum absolute atomic E-state index is 13.7. The van der Waals surface area contributed by atoms with E-state index in [-0.39, 0.29) is 5.91 Å². The van der Waals surface area contributed by atoms with Crippen LogP contribution in [0.2, 0.25) is 0 Å². The van der Waals surface area contributed by atoms with Gasteiger partial charge in [-0.3, -0.25) is 9.48 Å². The lowest BCUT2D eigenvalue weighted by Crippen LogP contribution is -2.27. The van der Waals surface area contributed by atoms with Crippen LogP contribution in [-0.2, 0) is 26.3 Å². The molecule has 0 saturated heterocycles. The summed E-state index contributed by atoms with van der Waals surface area (Å²) >= 11 is 0. The second-order valence-corrected chi connectivity index (χ2v) is 7.42. The van der Waals surface area contributed by atoms with Crippen molar-refractivity contribution in [3.05, 3.63) is 63.7 Å². The summed E-state index contributed by atoms with van der Waals surface area (Å²) in [4.78, 5) is 12.8. The van der Waals surface area contributed by atoms with Crippen LogP contribution in [0.5, 0.6) is 0 Å². The molecule has 0 aliphatic heterocycles. The average Bonchev–Trinajstić information content (AvgIpc) is 3.34. The van der Waals surface area contributed by atoms with Gasteiger partial charge in [-0.25, -0.2) is 13.5 Å². The Kier molecular flexibility index (Phi) is 4.94. The van der Waals surface area contributed by atoms with E-state index in [1.54, 1.807) is 4.68 Å². The van der Waals surface area contributed by atoms with Crippen molar-refractivity contribution in [1.82, 2.24) is 24.9 Å². The lowest BCUT2D eigenvalue weighted by atomic mass is 10.1. The van der Waals surface area contributed by atoms with E-state index in [2.05, 4.69) is 15.5 Å². The van der Waals surface area contributed by atoms with E-state index >= 15 is 0 Å². The highest BCUT2D eigenvalue weighted by Gasteiger charge is 2.27. The molecular weight excluding hydrogens is 376 g/mol. The highest BCUT2D eigenvalue weighted by atomic mass is 19.2. The van der Waals surface area contributed by atoms with Gasteiger partial charge in [0.1, 0.15) is 0 Å². The van der Waals surface area contributed by atoms with Crippen LogP contribution >= 0.6 is 0 Å². The third-order valence-corrected chi connectivity index (χ3v) is 5.61. The smallest absolute Gasteiger partial charge is 0.272 e. The van der Waals surface area contributed by atoms with Crippen molar-refractivity contribution in [3.63, 3.8) is 0 Å². The van der Waals surface area contributed by atoms with Crippen molar-refractivity contribution in [3.8, 4) is 5.69 Å². The van der Waals surface area contributed by atoms with Gasteiger partial charge in [0.05, 0.1) is 11.4 Å². The molecule has 2 heterocycles. The molecule has 0 fully saturated rings. The Labute approximate surface area is 167 Å². The first-order chi connectivity index (χ1) is 13.9. The van der Waals surface area contributed by atoms with Crippen LogP contribution in [0.15, 0.2) is 18.2 Å². The van der Waals surface area contributed by atoms with Crippen molar-refractivity contribution in [2.24, 2.45) is 7.05 Å². The number of halogens is 2. The molecule has 0 spiro atoms. The molecule has 1 aliphatic carbocycles. The van der Waals surface area contributed by atoms with Gasteiger partial charge in [0.25, 0.3) is 5.91 Å². The van der Waals surface area contributed by atoms with Gasteiger partial charge >= 0.3 is 0 Å². The predicted octanol–water partition coefficient (Wildman–Crippen LogP) is 2.96. The fourth-order valence-electron chi connectivity index (χ4n) is 4.01. The first-order valence-corrected chi connectivity index (χ1v) is 9.70. The second-order valence-electron chi connectivity index (χ2n) is 7.42. The molecule has 0 radical (unpaired) electrons.